The fourth-order valence-corrected chi connectivity index (χ4v) is 1.72. The Hall–Kier alpha value is -2.24. The van der Waals surface area contributed by atoms with Gasteiger partial charge in [-0.1, -0.05) is 18.2 Å². The number of carbonyl (C=O) groups is 1. The molecule has 5 nitrogen and oxygen atoms in total. The molecule has 6 heteroatoms. The Morgan fingerprint density at radius 1 is 1.44 bits per heavy atom. The molecule has 0 aliphatic rings. The second-order valence-corrected chi connectivity index (χ2v) is 3.83. The average Bonchev–Trinajstić information content (AvgIpc) is 2.73. The molecule has 0 amide bonds. The zero-order chi connectivity index (χ0) is 13.1. The normalized spacial score (nSPS) is 12.3. The molecule has 0 saturated heterocycles. The van der Waals surface area contributed by atoms with Gasteiger partial charge in [-0.25, -0.2) is 4.39 Å². The Labute approximate surface area is 102 Å². The maximum Gasteiger partial charge on any atom is 0.304 e. The van der Waals surface area contributed by atoms with Gasteiger partial charge in [0.2, 0.25) is 11.8 Å². The quantitative estimate of drug-likeness (QED) is 0.899. The van der Waals surface area contributed by atoms with Crippen molar-refractivity contribution in [1.29, 1.82) is 0 Å². The van der Waals surface area contributed by atoms with Gasteiger partial charge in [-0.05, 0) is 6.07 Å². The van der Waals surface area contributed by atoms with Gasteiger partial charge in [0.15, 0.2) is 0 Å². The summed E-state index contributed by atoms with van der Waals surface area (Å²) in [5, 5.41) is 16.3. The molecule has 1 aromatic heterocycles. The minimum atomic E-state index is -1.06. The number of halogens is 1. The van der Waals surface area contributed by atoms with E-state index in [1.807, 2.05) is 0 Å². The molecule has 1 unspecified atom stereocenters. The summed E-state index contributed by atoms with van der Waals surface area (Å²) in [5.74, 6) is -1.89. The number of aliphatic carboxylic acids is 1. The highest BCUT2D eigenvalue weighted by Gasteiger charge is 2.25. The summed E-state index contributed by atoms with van der Waals surface area (Å²) < 4.78 is 18.9. The van der Waals surface area contributed by atoms with Crippen LogP contribution in [0.4, 0.5) is 4.39 Å². The van der Waals surface area contributed by atoms with Crippen molar-refractivity contribution in [3.63, 3.8) is 0 Å². The highest BCUT2D eigenvalue weighted by molar-refractivity contribution is 5.68. The lowest BCUT2D eigenvalue weighted by Gasteiger charge is -2.11. The van der Waals surface area contributed by atoms with Crippen LogP contribution in [0.2, 0.25) is 0 Å². The van der Waals surface area contributed by atoms with Gasteiger partial charge in [0.05, 0.1) is 12.3 Å². The molecule has 18 heavy (non-hydrogen) atoms. The monoisotopic (exact) mass is 250 g/mol. The first kappa shape index (κ1) is 12.2. The van der Waals surface area contributed by atoms with E-state index in [1.54, 1.807) is 13.0 Å². The number of nitrogens with zero attached hydrogens (tertiary/aromatic N) is 2. The molecule has 0 radical (unpaired) electrons. The number of carboxylic acid groups (broad SMARTS) is 1. The number of carboxylic acids is 1. The van der Waals surface area contributed by atoms with Crippen molar-refractivity contribution in [1.82, 2.24) is 10.2 Å². The number of rotatable bonds is 4. The first-order valence-electron chi connectivity index (χ1n) is 5.34. The van der Waals surface area contributed by atoms with Crippen molar-refractivity contribution in [2.45, 2.75) is 19.3 Å². The molecule has 2 rings (SSSR count). The van der Waals surface area contributed by atoms with E-state index in [0.717, 1.165) is 0 Å². The Kier molecular flexibility index (Phi) is 3.36. The highest BCUT2D eigenvalue weighted by atomic mass is 19.1. The molecule has 1 atom stereocenters. The molecule has 1 heterocycles. The van der Waals surface area contributed by atoms with Gasteiger partial charge >= 0.3 is 5.97 Å². The SMILES string of the molecule is Cc1nnc(C(CC(=O)O)c2ccccc2F)o1. The summed E-state index contributed by atoms with van der Waals surface area (Å²) in [7, 11) is 0. The second kappa shape index (κ2) is 4.95. The number of aromatic nitrogens is 2. The molecular formula is C12H11FN2O3. The van der Waals surface area contributed by atoms with Crippen molar-refractivity contribution in [2.75, 3.05) is 0 Å². The van der Waals surface area contributed by atoms with E-state index in [-0.39, 0.29) is 17.9 Å². The van der Waals surface area contributed by atoms with Gasteiger partial charge in [-0.3, -0.25) is 4.79 Å². The van der Waals surface area contributed by atoms with E-state index < -0.39 is 17.7 Å². The summed E-state index contributed by atoms with van der Waals surface area (Å²) >= 11 is 0. The summed E-state index contributed by atoms with van der Waals surface area (Å²) in [6.07, 6.45) is -0.303. The number of hydrogen-bond donors (Lipinski definition) is 1. The first-order valence-corrected chi connectivity index (χ1v) is 5.34. The van der Waals surface area contributed by atoms with Crippen LogP contribution >= 0.6 is 0 Å². The van der Waals surface area contributed by atoms with Crippen LogP contribution in [0.3, 0.4) is 0 Å². The van der Waals surface area contributed by atoms with Crippen molar-refractivity contribution in [2.24, 2.45) is 0 Å². The van der Waals surface area contributed by atoms with E-state index in [0.29, 0.717) is 5.89 Å². The van der Waals surface area contributed by atoms with Crippen molar-refractivity contribution in [3.8, 4) is 0 Å². The molecule has 0 bridgehead atoms. The first-order chi connectivity index (χ1) is 8.58. The summed E-state index contributed by atoms with van der Waals surface area (Å²) in [5.41, 5.74) is 0.239. The predicted octanol–water partition coefficient (Wildman–Crippen LogP) is 2.12. The maximum atomic E-state index is 13.7. The fourth-order valence-electron chi connectivity index (χ4n) is 1.72. The van der Waals surface area contributed by atoms with Crippen LogP contribution in [0.15, 0.2) is 28.7 Å². The number of hydrogen-bond acceptors (Lipinski definition) is 4. The average molecular weight is 250 g/mol. The van der Waals surface area contributed by atoms with Gasteiger partial charge in [-0.15, -0.1) is 10.2 Å². The van der Waals surface area contributed by atoms with E-state index in [4.69, 9.17) is 9.52 Å². The van der Waals surface area contributed by atoms with E-state index in [9.17, 15) is 9.18 Å². The minimum absolute atomic E-state index is 0.111. The van der Waals surface area contributed by atoms with Gasteiger partial charge in [0, 0.05) is 12.5 Å². The minimum Gasteiger partial charge on any atom is -0.481 e. The maximum absolute atomic E-state index is 13.7. The largest absolute Gasteiger partial charge is 0.481 e. The molecular weight excluding hydrogens is 239 g/mol. The smallest absolute Gasteiger partial charge is 0.304 e. The van der Waals surface area contributed by atoms with Gasteiger partial charge < -0.3 is 9.52 Å². The van der Waals surface area contributed by atoms with Crippen LogP contribution in [0.1, 0.15) is 29.7 Å². The van der Waals surface area contributed by atoms with Crippen LogP contribution in [-0.2, 0) is 4.79 Å². The fraction of sp³-hybridized carbons (Fsp3) is 0.250. The van der Waals surface area contributed by atoms with Gasteiger partial charge in [-0.2, -0.15) is 0 Å². The third kappa shape index (κ3) is 2.53. The molecule has 94 valence electrons. The Balaban J connectivity index is 2.43. The standard InChI is InChI=1S/C12H11FN2O3/c1-7-14-15-12(18-7)9(6-11(16)17)8-4-2-3-5-10(8)13/h2-5,9H,6H2,1H3,(H,16,17). The second-order valence-electron chi connectivity index (χ2n) is 3.83. The molecule has 1 aromatic carbocycles. The Bertz CT molecular complexity index is 568. The molecule has 2 aromatic rings. The van der Waals surface area contributed by atoms with Crippen LogP contribution in [0.5, 0.6) is 0 Å². The third-order valence-electron chi connectivity index (χ3n) is 2.50. The van der Waals surface area contributed by atoms with Crippen LogP contribution in [-0.4, -0.2) is 21.3 Å². The molecule has 0 spiro atoms. The molecule has 1 N–H and O–H groups in total. The lowest BCUT2D eigenvalue weighted by molar-refractivity contribution is -0.137. The zero-order valence-electron chi connectivity index (χ0n) is 9.63. The Morgan fingerprint density at radius 2 is 2.17 bits per heavy atom. The van der Waals surface area contributed by atoms with E-state index >= 15 is 0 Å². The van der Waals surface area contributed by atoms with E-state index in [1.165, 1.54) is 18.2 Å². The van der Waals surface area contributed by atoms with Crippen molar-refractivity contribution >= 4 is 5.97 Å². The Morgan fingerprint density at radius 3 is 2.72 bits per heavy atom. The molecule has 0 fully saturated rings. The highest BCUT2D eigenvalue weighted by Crippen LogP contribution is 2.28. The van der Waals surface area contributed by atoms with Crippen LogP contribution in [0.25, 0.3) is 0 Å². The summed E-state index contributed by atoms with van der Waals surface area (Å²) in [6, 6.07) is 5.96. The number of aryl methyl sites for hydroxylation is 1. The molecule has 0 saturated carbocycles. The molecule has 0 aliphatic carbocycles. The van der Waals surface area contributed by atoms with Crippen LogP contribution in [0, 0.1) is 12.7 Å². The zero-order valence-corrected chi connectivity index (χ0v) is 9.63. The van der Waals surface area contributed by atoms with E-state index in [2.05, 4.69) is 10.2 Å². The lowest BCUT2D eigenvalue weighted by Crippen LogP contribution is -2.10. The summed E-state index contributed by atoms with van der Waals surface area (Å²) in [4.78, 5) is 10.9. The van der Waals surface area contributed by atoms with Crippen molar-refractivity contribution < 1.29 is 18.7 Å². The number of benzene rings is 1. The lowest BCUT2D eigenvalue weighted by atomic mass is 9.95. The predicted molar refractivity (Wildman–Crippen MR) is 59.5 cm³/mol. The van der Waals surface area contributed by atoms with Crippen LogP contribution < -0.4 is 0 Å². The summed E-state index contributed by atoms with van der Waals surface area (Å²) in [6.45, 7) is 1.59. The van der Waals surface area contributed by atoms with Gasteiger partial charge in [0.1, 0.15) is 5.82 Å². The van der Waals surface area contributed by atoms with Gasteiger partial charge in [0.25, 0.3) is 0 Å². The topological polar surface area (TPSA) is 76.2 Å². The van der Waals surface area contributed by atoms with Crippen molar-refractivity contribution in [3.05, 3.63) is 47.4 Å². The third-order valence-corrected chi connectivity index (χ3v) is 2.50. The molecule has 0 aliphatic heterocycles.